The minimum Gasteiger partial charge on any atom is -0.423 e. The first-order valence-corrected chi connectivity index (χ1v) is 11.7. The lowest BCUT2D eigenvalue weighted by atomic mass is 10.1. The van der Waals surface area contributed by atoms with E-state index in [1.807, 2.05) is 43.3 Å². The lowest BCUT2D eigenvalue weighted by molar-refractivity contribution is 0.250. The summed E-state index contributed by atoms with van der Waals surface area (Å²) in [5.41, 5.74) is 2.86. The standard InChI is InChI=1S/C25H22Cl2N4O3/c1-16-11-22-19(13-20(16)26)17(12-23(32)34-22)15-29-7-9-30(10-8-29)21-14-28-31(25(33)24(21)27)18-5-3-2-4-6-18/h2-6,11-14H,7-10,15H2,1H3. The fourth-order valence-electron chi connectivity index (χ4n) is 4.26. The third-order valence-corrected chi connectivity index (χ3v) is 6.88. The Morgan fingerprint density at radius 3 is 2.47 bits per heavy atom. The minimum absolute atomic E-state index is 0.156. The topological polar surface area (TPSA) is 71.6 Å². The van der Waals surface area contributed by atoms with Crippen molar-refractivity contribution >= 4 is 39.9 Å². The fourth-order valence-corrected chi connectivity index (χ4v) is 4.68. The van der Waals surface area contributed by atoms with Crippen molar-refractivity contribution < 1.29 is 4.42 Å². The normalized spacial score (nSPS) is 14.6. The van der Waals surface area contributed by atoms with Gasteiger partial charge in [0.25, 0.3) is 5.56 Å². The summed E-state index contributed by atoms with van der Waals surface area (Å²) in [7, 11) is 0. The van der Waals surface area contributed by atoms with Gasteiger partial charge in [0.15, 0.2) is 0 Å². The Morgan fingerprint density at radius 2 is 1.74 bits per heavy atom. The minimum atomic E-state index is -0.375. The van der Waals surface area contributed by atoms with Gasteiger partial charge in [0.1, 0.15) is 10.6 Å². The summed E-state index contributed by atoms with van der Waals surface area (Å²) < 4.78 is 6.68. The summed E-state index contributed by atoms with van der Waals surface area (Å²) in [5.74, 6) is 0. The van der Waals surface area contributed by atoms with Gasteiger partial charge < -0.3 is 9.32 Å². The Kier molecular flexibility index (Phi) is 6.16. The van der Waals surface area contributed by atoms with Crippen LogP contribution >= 0.6 is 23.2 Å². The van der Waals surface area contributed by atoms with E-state index in [1.165, 1.54) is 10.7 Å². The molecule has 0 atom stereocenters. The summed E-state index contributed by atoms with van der Waals surface area (Å²) in [5, 5.41) is 5.97. The number of halogens is 2. The maximum Gasteiger partial charge on any atom is 0.336 e. The first-order valence-electron chi connectivity index (χ1n) is 10.9. The van der Waals surface area contributed by atoms with Crippen LogP contribution in [-0.2, 0) is 6.54 Å². The highest BCUT2D eigenvalue weighted by Crippen LogP contribution is 2.27. The van der Waals surface area contributed by atoms with E-state index in [2.05, 4.69) is 14.9 Å². The van der Waals surface area contributed by atoms with Crippen molar-refractivity contribution in [2.45, 2.75) is 13.5 Å². The number of aromatic nitrogens is 2. The van der Waals surface area contributed by atoms with E-state index in [0.29, 0.717) is 41.6 Å². The van der Waals surface area contributed by atoms with Crippen LogP contribution in [0.2, 0.25) is 10.0 Å². The highest BCUT2D eigenvalue weighted by atomic mass is 35.5. The molecule has 7 nitrogen and oxygen atoms in total. The Morgan fingerprint density at radius 1 is 1.00 bits per heavy atom. The molecule has 9 heteroatoms. The number of aryl methyl sites for hydroxylation is 1. The summed E-state index contributed by atoms with van der Waals surface area (Å²) in [6, 6.07) is 14.4. The number of para-hydroxylation sites is 1. The molecular formula is C25H22Cl2N4O3. The number of benzene rings is 2. The van der Waals surface area contributed by atoms with Crippen LogP contribution in [0.25, 0.3) is 16.7 Å². The molecule has 0 unspecified atom stereocenters. The molecule has 4 aromatic rings. The SMILES string of the molecule is Cc1cc2oc(=O)cc(CN3CCN(c4cnn(-c5ccccc5)c(=O)c4Cl)CC3)c2cc1Cl. The van der Waals surface area contributed by atoms with Gasteiger partial charge in [0.05, 0.1) is 17.6 Å². The van der Waals surface area contributed by atoms with Gasteiger partial charge in [-0.05, 0) is 42.3 Å². The van der Waals surface area contributed by atoms with Crippen molar-refractivity contribution in [1.29, 1.82) is 0 Å². The summed E-state index contributed by atoms with van der Waals surface area (Å²) in [6.07, 6.45) is 1.65. The molecular weight excluding hydrogens is 475 g/mol. The van der Waals surface area contributed by atoms with Gasteiger partial charge in [-0.25, -0.2) is 4.79 Å². The van der Waals surface area contributed by atoms with E-state index in [-0.39, 0.29) is 16.2 Å². The van der Waals surface area contributed by atoms with Gasteiger partial charge >= 0.3 is 5.63 Å². The average molecular weight is 497 g/mol. The molecule has 1 saturated heterocycles. The lowest BCUT2D eigenvalue weighted by Gasteiger charge is -2.36. The lowest BCUT2D eigenvalue weighted by Crippen LogP contribution is -2.46. The quantitative estimate of drug-likeness (QED) is 0.392. The van der Waals surface area contributed by atoms with Crippen LogP contribution < -0.4 is 16.1 Å². The van der Waals surface area contributed by atoms with Crippen LogP contribution in [-0.4, -0.2) is 40.9 Å². The Bertz CT molecular complexity index is 1480. The first kappa shape index (κ1) is 22.7. The molecule has 0 aliphatic carbocycles. The molecule has 1 aliphatic heterocycles. The van der Waals surface area contributed by atoms with Crippen molar-refractivity contribution in [2.24, 2.45) is 0 Å². The first-order chi connectivity index (χ1) is 16.4. The molecule has 3 heterocycles. The highest BCUT2D eigenvalue weighted by Gasteiger charge is 2.22. The van der Waals surface area contributed by atoms with Gasteiger partial charge in [-0.2, -0.15) is 9.78 Å². The van der Waals surface area contributed by atoms with Crippen LogP contribution in [0.1, 0.15) is 11.1 Å². The molecule has 2 aromatic carbocycles. The van der Waals surface area contributed by atoms with Gasteiger partial charge in [-0.1, -0.05) is 41.4 Å². The number of rotatable bonds is 4. The van der Waals surface area contributed by atoms with E-state index in [4.69, 9.17) is 27.6 Å². The zero-order chi connectivity index (χ0) is 23.8. The Balaban J connectivity index is 1.33. The molecule has 5 rings (SSSR count). The summed E-state index contributed by atoms with van der Waals surface area (Å²) in [6.45, 7) is 5.30. The number of anilines is 1. The molecule has 1 aliphatic rings. The van der Waals surface area contributed by atoms with Crippen LogP contribution in [0.3, 0.4) is 0 Å². The zero-order valence-electron chi connectivity index (χ0n) is 18.5. The van der Waals surface area contributed by atoms with Gasteiger partial charge in [0, 0.05) is 49.2 Å². The largest absolute Gasteiger partial charge is 0.423 e. The average Bonchev–Trinajstić information content (AvgIpc) is 2.83. The number of hydrogen-bond acceptors (Lipinski definition) is 6. The molecule has 2 aromatic heterocycles. The molecule has 0 radical (unpaired) electrons. The second-order valence-corrected chi connectivity index (χ2v) is 9.13. The monoisotopic (exact) mass is 496 g/mol. The molecule has 34 heavy (non-hydrogen) atoms. The second kappa shape index (κ2) is 9.25. The maximum absolute atomic E-state index is 12.8. The number of piperazine rings is 1. The molecule has 174 valence electrons. The van der Waals surface area contributed by atoms with E-state index in [0.717, 1.165) is 29.6 Å². The number of hydrogen-bond donors (Lipinski definition) is 0. The smallest absolute Gasteiger partial charge is 0.336 e. The van der Waals surface area contributed by atoms with Gasteiger partial charge in [-0.3, -0.25) is 9.69 Å². The van der Waals surface area contributed by atoms with Crippen molar-refractivity contribution in [3.8, 4) is 5.69 Å². The van der Waals surface area contributed by atoms with Crippen molar-refractivity contribution in [3.63, 3.8) is 0 Å². The second-order valence-electron chi connectivity index (χ2n) is 8.35. The van der Waals surface area contributed by atoms with Crippen LogP contribution in [0.15, 0.2) is 68.7 Å². The zero-order valence-corrected chi connectivity index (χ0v) is 20.0. The molecule has 0 spiro atoms. The summed E-state index contributed by atoms with van der Waals surface area (Å²) >= 11 is 12.8. The van der Waals surface area contributed by atoms with E-state index in [1.54, 1.807) is 12.3 Å². The number of fused-ring (bicyclic) bond motifs is 1. The molecule has 1 fully saturated rings. The van der Waals surface area contributed by atoms with Crippen molar-refractivity contribution in [3.05, 3.63) is 96.7 Å². The predicted octanol–water partition coefficient (Wildman–Crippen LogP) is 4.28. The van der Waals surface area contributed by atoms with Gasteiger partial charge in [-0.15, -0.1) is 0 Å². The van der Waals surface area contributed by atoms with E-state index >= 15 is 0 Å². The fraction of sp³-hybridized carbons (Fsp3) is 0.240. The molecule has 0 saturated carbocycles. The third-order valence-electron chi connectivity index (χ3n) is 6.12. The van der Waals surface area contributed by atoms with Crippen LogP contribution in [0.5, 0.6) is 0 Å². The van der Waals surface area contributed by atoms with Gasteiger partial charge in [0.2, 0.25) is 0 Å². The molecule has 0 bridgehead atoms. The molecule has 0 amide bonds. The third kappa shape index (κ3) is 4.34. The Hall–Kier alpha value is -3.13. The van der Waals surface area contributed by atoms with E-state index in [9.17, 15) is 9.59 Å². The van der Waals surface area contributed by atoms with Crippen LogP contribution in [0, 0.1) is 6.92 Å². The molecule has 0 N–H and O–H groups in total. The highest BCUT2D eigenvalue weighted by molar-refractivity contribution is 6.33. The number of nitrogens with zero attached hydrogens (tertiary/aromatic N) is 4. The van der Waals surface area contributed by atoms with Crippen molar-refractivity contribution in [2.75, 3.05) is 31.1 Å². The van der Waals surface area contributed by atoms with Crippen molar-refractivity contribution in [1.82, 2.24) is 14.7 Å². The van der Waals surface area contributed by atoms with Crippen LogP contribution in [0.4, 0.5) is 5.69 Å². The Labute approximate surface area is 205 Å². The summed E-state index contributed by atoms with van der Waals surface area (Å²) in [4.78, 5) is 29.3. The predicted molar refractivity (Wildman–Crippen MR) is 135 cm³/mol. The maximum atomic E-state index is 12.8. The van der Waals surface area contributed by atoms with E-state index < -0.39 is 0 Å².